The van der Waals surface area contributed by atoms with Crippen molar-refractivity contribution in [2.45, 2.75) is 32.6 Å². The predicted molar refractivity (Wildman–Crippen MR) is 70.6 cm³/mol. The van der Waals surface area contributed by atoms with Gasteiger partial charge in [-0.25, -0.2) is 9.97 Å². The summed E-state index contributed by atoms with van der Waals surface area (Å²) in [7, 11) is 0. The highest BCUT2D eigenvalue weighted by molar-refractivity contribution is 5.82. The largest absolute Gasteiger partial charge is 0.353 e. The van der Waals surface area contributed by atoms with Crippen molar-refractivity contribution >= 4 is 11.7 Å². The van der Waals surface area contributed by atoms with Crippen LogP contribution in [-0.2, 0) is 10.2 Å². The molecule has 0 radical (unpaired) electrons. The Bertz CT molecular complexity index is 444. The molecule has 0 aromatic carbocycles. The minimum absolute atomic E-state index is 0.0374. The van der Waals surface area contributed by atoms with Crippen LogP contribution in [0.3, 0.4) is 0 Å². The van der Waals surface area contributed by atoms with Crippen molar-refractivity contribution in [1.29, 1.82) is 0 Å². The van der Waals surface area contributed by atoms with E-state index in [-0.39, 0.29) is 11.3 Å². The van der Waals surface area contributed by atoms with Gasteiger partial charge in [0.25, 0.3) is 0 Å². The number of nitrogens with zero attached hydrogens (tertiary/aromatic N) is 3. The van der Waals surface area contributed by atoms with Crippen LogP contribution in [0.4, 0.5) is 5.82 Å². The molecule has 5 nitrogen and oxygen atoms in total. The molecule has 1 aliphatic heterocycles. The highest BCUT2D eigenvalue weighted by Gasteiger charge is 2.23. The number of nitrogens with one attached hydrogen (secondary N) is 1. The molecular weight excluding hydrogens is 228 g/mol. The lowest BCUT2D eigenvalue weighted by Gasteiger charge is -2.29. The first-order valence-corrected chi connectivity index (χ1v) is 6.37. The van der Waals surface area contributed by atoms with E-state index in [4.69, 9.17) is 0 Å². The quantitative estimate of drug-likeness (QED) is 0.870. The van der Waals surface area contributed by atoms with Gasteiger partial charge in [0.05, 0.1) is 12.2 Å². The van der Waals surface area contributed by atoms with Crippen molar-refractivity contribution in [1.82, 2.24) is 15.3 Å². The van der Waals surface area contributed by atoms with Crippen LogP contribution in [0.5, 0.6) is 0 Å². The number of hydrogen-bond donors (Lipinski definition) is 1. The monoisotopic (exact) mass is 248 g/mol. The fourth-order valence-electron chi connectivity index (χ4n) is 1.91. The first-order chi connectivity index (χ1) is 8.53. The number of rotatable bonds is 3. The van der Waals surface area contributed by atoms with Crippen LogP contribution in [0.15, 0.2) is 12.4 Å². The molecule has 98 valence electrons. The third-order valence-electron chi connectivity index (χ3n) is 3.59. The molecule has 1 fully saturated rings. The molecule has 1 amide bonds. The average molecular weight is 248 g/mol. The molecule has 18 heavy (non-hydrogen) atoms. The van der Waals surface area contributed by atoms with E-state index in [1.807, 2.05) is 11.0 Å². The van der Waals surface area contributed by atoms with Gasteiger partial charge in [-0.3, -0.25) is 4.79 Å². The second kappa shape index (κ2) is 4.92. The SMILES string of the molecule is CCC(C)(C)c1cc(N2CCNC(=O)C2)ncn1. The molecule has 1 saturated heterocycles. The fraction of sp³-hybridized carbons (Fsp3) is 0.615. The molecule has 1 aromatic rings. The van der Waals surface area contributed by atoms with Crippen molar-refractivity contribution in [2.24, 2.45) is 0 Å². The summed E-state index contributed by atoms with van der Waals surface area (Å²) in [6.45, 7) is 8.34. The summed E-state index contributed by atoms with van der Waals surface area (Å²) >= 11 is 0. The molecule has 5 heteroatoms. The van der Waals surface area contributed by atoms with Gasteiger partial charge in [0.15, 0.2) is 0 Å². The summed E-state index contributed by atoms with van der Waals surface area (Å²) in [5.74, 6) is 0.896. The molecule has 1 N–H and O–H groups in total. The molecule has 0 bridgehead atoms. The van der Waals surface area contributed by atoms with E-state index in [9.17, 15) is 4.79 Å². The van der Waals surface area contributed by atoms with Crippen molar-refractivity contribution in [3.8, 4) is 0 Å². The molecule has 1 aromatic heterocycles. The van der Waals surface area contributed by atoms with Gasteiger partial charge in [0.1, 0.15) is 12.1 Å². The first-order valence-electron chi connectivity index (χ1n) is 6.37. The minimum atomic E-state index is 0.0374. The minimum Gasteiger partial charge on any atom is -0.353 e. The number of carbonyl (C=O) groups excluding carboxylic acids is 1. The highest BCUT2D eigenvalue weighted by Crippen LogP contribution is 2.26. The second-order valence-electron chi connectivity index (χ2n) is 5.27. The summed E-state index contributed by atoms with van der Waals surface area (Å²) < 4.78 is 0. The Balaban J connectivity index is 2.24. The third-order valence-corrected chi connectivity index (χ3v) is 3.59. The van der Waals surface area contributed by atoms with Gasteiger partial charge in [-0.05, 0) is 6.42 Å². The van der Waals surface area contributed by atoms with Crippen LogP contribution < -0.4 is 10.2 Å². The van der Waals surface area contributed by atoms with E-state index >= 15 is 0 Å². The number of aromatic nitrogens is 2. The Morgan fingerprint density at radius 3 is 2.89 bits per heavy atom. The van der Waals surface area contributed by atoms with Crippen molar-refractivity contribution < 1.29 is 4.79 Å². The fourth-order valence-corrected chi connectivity index (χ4v) is 1.91. The van der Waals surface area contributed by atoms with E-state index in [1.165, 1.54) is 0 Å². The van der Waals surface area contributed by atoms with E-state index in [0.717, 1.165) is 24.5 Å². The van der Waals surface area contributed by atoms with Crippen LogP contribution >= 0.6 is 0 Å². The first kappa shape index (κ1) is 12.8. The van der Waals surface area contributed by atoms with Gasteiger partial charge < -0.3 is 10.2 Å². The van der Waals surface area contributed by atoms with Crippen molar-refractivity contribution in [3.05, 3.63) is 18.1 Å². The number of anilines is 1. The molecule has 0 aliphatic carbocycles. The summed E-state index contributed by atoms with van der Waals surface area (Å²) in [4.78, 5) is 22.0. The maximum Gasteiger partial charge on any atom is 0.239 e. The standard InChI is InChI=1S/C13H20N4O/c1-4-13(2,3)10-7-11(16-9-15-10)17-6-5-14-12(18)8-17/h7,9H,4-6,8H2,1-3H3,(H,14,18). The van der Waals surface area contributed by atoms with E-state index in [1.54, 1.807) is 6.33 Å². The predicted octanol–water partition coefficient (Wildman–Crippen LogP) is 1.10. The Hall–Kier alpha value is -1.65. The van der Waals surface area contributed by atoms with E-state index in [2.05, 4.69) is 36.1 Å². The highest BCUT2D eigenvalue weighted by atomic mass is 16.2. The van der Waals surface area contributed by atoms with E-state index < -0.39 is 0 Å². The summed E-state index contributed by atoms with van der Waals surface area (Å²) in [6, 6.07) is 2.00. The Labute approximate surface area is 108 Å². The molecule has 2 heterocycles. The Kier molecular flexibility index (Phi) is 3.50. The van der Waals surface area contributed by atoms with Gasteiger partial charge in [0.2, 0.25) is 5.91 Å². The average Bonchev–Trinajstić information content (AvgIpc) is 2.39. The lowest BCUT2D eigenvalue weighted by atomic mass is 9.86. The summed E-state index contributed by atoms with van der Waals surface area (Å²) in [6.07, 6.45) is 2.61. The number of piperazine rings is 1. The smallest absolute Gasteiger partial charge is 0.239 e. The summed E-state index contributed by atoms with van der Waals surface area (Å²) in [5.41, 5.74) is 1.07. The lowest BCUT2D eigenvalue weighted by Crippen LogP contribution is -2.48. The van der Waals surface area contributed by atoms with Crippen LogP contribution in [-0.4, -0.2) is 35.5 Å². The van der Waals surface area contributed by atoms with Crippen molar-refractivity contribution in [2.75, 3.05) is 24.5 Å². The maximum atomic E-state index is 11.4. The molecule has 0 unspecified atom stereocenters. The van der Waals surface area contributed by atoms with Crippen LogP contribution in [0.2, 0.25) is 0 Å². The second-order valence-corrected chi connectivity index (χ2v) is 5.27. The van der Waals surface area contributed by atoms with Gasteiger partial charge in [-0.2, -0.15) is 0 Å². The Morgan fingerprint density at radius 1 is 1.44 bits per heavy atom. The van der Waals surface area contributed by atoms with Crippen LogP contribution in [0.1, 0.15) is 32.9 Å². The maximum absolute atomic E-state index is 11.4. The van der Waals surface area contributed by atoms with Gasteiger partial charge in [-0.1, -0.05) is 20.8 Å². The normalized spacial score (nSPS) is 16.6. The Morgan fingerprint density at radius 2 is 2.22 bits per heavy atom. The molecular formula is C13H20N4O. The molecule has 2 rings (SSSR count). The third kappa shape index (κ3) is 2.60. The van der Waals surface area contributed by atoms with Crippen molar-refractivity contribution in [3.63, 3.8) is 0 Å². The number of hydrogen-bond acceptors (Lipinski definition) is 4. The zero-order chi connectivity index (χ0) is 13.2. The number of carbonyl (C=O) groups is 1. The van der Waals surface area contributed by atoms with Gasteiger partial charge in [-0.15, -0.1) is 0 Å². The lowest BCUT2D eigenvalue weighted by molar-refractivity contribution is -0.120. The number of amides is 1. The van der Waals surface area contributed by atoms with Crippen LogP contribution in [0.25, 0.3) is 0 Å². The molecule has 1 aliphatic rings. The molecule has 0 spiro atoms. The molecule has 0 atom stereocenters. The van der Waals surface area contributed by atoms with Gasteiger partial charge in [0, 0.05) is 24.6 Å². The zero-order valence-electron chi connectivity index (χ0n) is 11.2. The van der Waals surface area contributed by atoms with Crippen LogP contribution in [0, 0.1) is 0 Å². The molecule has 0 saturated carbocycles. The van der Waals surface area contributed by atoms with Gasteiger partial charge >= 0.3 is 0 Å². The zero-order valence-corrected chi connectivity index (χ0v) is 11.2. The van der Waals surface area contributed by atoms with E-state index in [0.29, 0.717) is 13.1 Å². The summed E-state index contributed by atoms with van der Waals surface area (Å²) in [5, 5.41) is 2.81. The topological polar surface area (TPSA) is 58.1 Å².